The number of nitrogens with zero attached hydrogens (tertiary/aromatic N) is 4. The Kier molecular flexibility index (Phi) is 6.87. The lowest BCUT2D eigenvalue weighted by Crippen LogP contribution is -2.45. The van der Waals surface area contributed by atoms with E-state index < -0.39 is 0 Å². The Labute approximate surface area is 151 Å². The van der Waals surface area contributed by atoms with E-state index in [2.05, 4.69) is 14.9 Å². The molecule has 6 heteroatoms. The van der Waals surface area contributed by atoms with Gasteiger partial charge >= 0.3 is 0 Å². The fourth-order valence-electron chi connectivity index (χ4n) is 3.95. The van der Waals surface area contributed by atoms with Gasteiger partial charge in [-0.25, -0.2) is 0 Å². The highest BCUT2D eigenvalue weighted by atomic mass is 16.5. The summed E-state index contributed by atoms with van der Waals surface area (Å²) in [5.74, 6) is 0.0726. The topological polar surface area (TPSA) is 50.6 Å². The van der Waals surface area contributed by atoms with Crippen LogP contribution in [0.25, 0.3) is 0 Å². The second-order valence-corrected chi connectivity index (χ2v) is 7.33. The Morgan fingerprint density at radius 3 is 2.60 bits per heavy atom. The molecule has 0 aliphatic carbocycles. The average molecular weight is 348 g/mol. The molecule has 2 aliphatic rings. The molecule has 3 rings (SSSR count). The van der Waals surface area contributed by atoms with Gasteiger partial charge in [0, 0.05) is 39.0 Å². The third-order valence-corrected chi connectivity index (χ3v) is 5.40. The number of likely N-dealkylation sites (tertiary alicyclic amines) is 1. The molecule has 25 heavy (non-hydrogen) atoms. The van der Waals surface area contributed by atoms with E-state index >= 15 is 0 Å². The van der Waals surface area contributed by atoms with E-state index in [1.165, 1.54) is 38.8 Å². The number of aryl methyl sites for hydroxylation is 1. The molecule has 0 aromatic carbocycles. The highest BCUT2D eigenvalue weighted by Crippen LogP contribution is 2.18. The van der Waals surface area contributed by atoms with Crippen molar-refractivity contribution in [2.45, 2.75) is 51.0 Å². The molecule has 2 fully saturated rings. The highest BCUT2D eigenvalue weighted by molar-refractivity contribution is 5.92. The van der Waals surface area contributed by atoms with Gasteiger partial charge in [0.2, 0.25) is 0 Å². The summed E-state index contributed by atoms with van der Waals surface area (Å²) in [7, 11) is 1.86. The van der Waals surface area contributed by atoms with Crippen molar-refractivity contribution in [3.05, 3.63) is 18.0 Å². The molecular formula is C19H32N4O2. The maximum absolute atomic E-state index is 13.0. The summed E-state index contributed by atoms with van der Waals surface area (Å²) >= 11 is 0. The monoisotopic (exact) mass is 348 g/mol. The van der Waals surface area contributed by atoms with Gasteiger partial charge < -0.3 is 14.5 Å². The van der Waals surface area contributed by atoms with Crippen LogP contribution in [0.3, 0.4) is 0 Å². The molecule has 1 aromatic heterocycles. The van der Waals surface area contributed by atoms with Crippen LogP contribution in [0.5, 0.6) is 0 Å². The molecule has 0 atom stereocenters. The van der Waals surface area contributed by atoms with E-state index in [4.69, 9.17) is 4.74 Å². The zero-order valence-electron chi connectivity index (χ0n) is 15.5. The van der Waals surface area contributed by atoms with Gasteiger partial charge in [-0.2, -0.15) is 5.10 Å². The van der Waals surface area contributed by atoms with Crippen LogP contribution in [0, 0.1) is 0 Å². The second-order valence-electron chi connectivity index (χ2n) is 7.33. The molecule has 1 aromatic rings. The first kappa shape index (κ1) is 18.4. The van der Waals surface area contributed by atoms with Crippen molar-refractivity contribution in [1.82, 2.24) is 19.6 Å². The fourth-order valence-corrected chi connectivity index (χ4v) is 3.95. The average Bonchev–Trinajstić information content (AvgIpc) is 2.91. The smallest absolute Gasteiger partial charge is 0.274 e. The quantitative estimate of drug-likeness (QED) is 0.792. The van der Waals surface area contributed by atoms with E-state index in [0.717, 1.165) is 45.6 Å². The third kappa shape index (κ3) is 5.28. The largest absolute Gasteiger partial charge is 0.381 e. The van der Waals surface area contributed by atoms with Crippen LogP contribution >= 0.6 is 0 Å². The molecule has 1 amide bonds. The summed E-state index contributed by atoms with van der Waals surface area (Å²) in [4.78, 5) is 17.6. The molecule has 6 nitrogen and oxygen atoms in total. The first-order valence-electron chi connectivity index (χ1n) is 9.85. The summed E-state index contributed by atoms with van der Waals surface area (Å²) in [5, 5.41) is 4.32. The highest BCUT2D eigenvalue weighted by Gasteiger charge is 2.27. The van der Waals surface area contributed by atoms with Gasteiger partial charge in [0.15, 0.2) is 0 Å². The summed E-state index contributed by atoms with van der Waals surface area (Å²) in [6.07, 6.45) is 10.1. The molecule has 0 bridgehead atoms. The minimum absolute atomic E-state index is 0.0726. The van der Waals surface area contributed by atoms with E-state index in [1.54, 1.807) is 4.68 Å². The Bertz CT molecular complexity index is 531. The lowest BCUT2D eigenvalue weighted by molar-refractivity contribution is 0.0276. The molecule has 0 saturated carbocycles. The lowest BCUT2D eigenvalue weighted by atomic mass is 10.1. The van der Waals surface area contributed by atoms with Gasteiger partial charge in [-0.05, 0) is 57.8 Å². The molecule has 0 N–H and O–H groups in total. The maximum Gasteiger partial charge on any atom is 0.274 e. The van der Waals surface area contributed by atoms with Crippen molar-refractivity contribution in [3.63, 3.8) is 0 Å². The molecule has 2 saturated heterocycles. The molecule has 0 spiro atoms. The van der Waals surface area contributed by atoms with Crippen molar-refractivity contribution in [1.29, 1.82) is 0 Å². The van der Waals surface area contributed by atoms with Crippen LogP contribution in [0.1, 0.15) is 55.4 Å². The number of amides is 1. The molecule has 3 heterocycles. The number of carbonyl (C=O) groups excluding carboxylic acids is 1. The summed E-state index contributed by atoms with van der Waals surface area (Å²) in [6.45, 7) is 5.84. The molecule has 2 aliphatic heterocycles. The zero-order valence-corrected chi connectivity index (χ0v) is 15.5. The van der Waals surface area contributed by atoms with Crippen LogP contribution in [-0.4, -0.2) is 70.9 Å². The van der Waals surface area contributed by atoms with Crippen molar-refractivity contribution >= 4 is 5.91 Å². The number of rotatable bonds is 6. The number of carbonyl (C=O) groups is 1. The van der Waals surface area contributed by atoms with Crippen molar-refractivity contribution < 1.29 is 9.53 Å². The minimum atomic E-state index is 0.0726. The van der Waals surface area contributed by atoms with Gasteiger partial charge in [-0.3, -0.25) is 9.48 Å². The zero-order chi connectivity index (χ0) is 17.5. The number of aromatic nitrogens is 2. The van der Waals surface area contributed by atoms with Crippen LogP contribution in [0.4, 0.5) is 0 Å². The molecule has 0 radical (unpaired) electrons. The molecule has 140 valence electrons. The Morgan fingerprint density at radius 2 is 1.96 bits per heavy atom. The first-order valence-corrected chi connectivity index (χ1v) is 9.85. The number of hydrogen-bond acceptors (Lipinski definition) is 4. The number of hydrogen-bond donors (Lipinski definition) is 0. The van der Waals surface area contributed by atoms with E-state index in [9.17, 15) is 4.79 Å². The molecular weight excluding hydrogens is 316 g/mol. The normalized spacial score (nSPS) is 20.4. The van der Waals surface area contributed by atoms with E-state index in [1.807, 2.05) is 19.3 Å². The lowest BCUT2D eigenvalue weighted by Gasteiger charge is -2.34. The van der Waals surface area contributed by atoms with Crippen LogP contribution in [-0.2, 0) is 11.8 Å². The summed E-state index contributed by atoms with van der Waals surface area (Å²) < 4.78 is 7.19. The minimum Gasteiger partial charge on any atom is -0.381 e. The fraction of sp³-hybridized carbons (Fsp3) is 0.789. The predicted octanol–water partition coefficient (Wildman–Crippen LogP) is 2.31. The number of ether oxygens (including phenoxy) is 1. The van der Waals surface area contributed by atoms with Crippen LogP contribution in [0.2, 0.25) is 0 Å². The summed E-state index contributed by atoms with van der Waals surface area (Å²) in [6, 6.07) is 2.11. The van der Waals surface area contributed by atoms with Gasteiger partial charge in [-0.15, -0.1) is 0 Å². The van der Waals surface area contributed by atoms with Crippen LogP contribution < -0.4 is 0 Å². The predicted molar refractivity (Wildman–Crippen MR) is 97.6 cm³/mol. The SMILES string of the molecule is Cn1ccc(C(=O)N(CCCN2CCCCCC2)C2CCOCC2)n1. The van der Waals surface area contributed by atoms with Gasteiger partial charge in [0.05, 0.1) is 0 Å². The van der Waals surface area contributed by atoms with Crippen molar-refractivity contribution in [2.24, 2.45) is 7.05 Å². The van der Waals surface area contributed by atoms with Crippen LogP contribution in [0.15, 0.2) is 12.3 Å². The first-order chi connectivity index (χ1) is 12.2. The Hall–Kier alpha value is -1.40. The third-order valence-electron chi connectivity index (χ3n) is 5.40. The summed E-state index contributed by atoms with van der Waals surface area (Å²) in [5.41, 5.74) is 0.559. The Morgan fingerprint density at radius 1 is 1.24 bits per heavy atom. The molecule has 0 unspecified atom stereocenters. The Balaban J connectivity index is 1.58. The second kappa shape index (κ2) is 9.34. The van der Waals surface area contributed by atoms with Crippen molar-refractivity contribution in [2.75, 3.05) is 39.4 Å². The van der Waals surface area contributed by atoms with Gasteiger partial charge in [-0.1, -0.05) is 12.8 Å². The van der Waals surface area contributed by atoms with Gasteiger partial charge in [0.25, 0.3) is 5.91 Å². The van der Waals surface area contributed by atoms with E-state index in [0.29, 0.717) is 5.69 Å². The maximum atomic E-state index is 13.0. The van der Waals surface area contributed by atoms with Gasteiger partial charge in [0.1, 0.15) is 5.69 Å². The standard InChI is InChI=1S/C19H32N4O2/c1-21-14-7-18(20-21)19(24)23(17-8-15-25-16-9-17)13-6-12-22-10-4-2-3-5-11-22/h7,14,17H,2-6,8-13,15-16H2,1H3. The van der Waals surface area contributed by atoms with E-state index in [-0.39, 0.29) is 11.9 Å². The van der Waals surface area contributed by atoms with Crippen molar-refractivity contribution in [3.8, 4) is 0 Å².